The molecule has 1 radical (unpaired) electrons. The number of benzene rings is 1. The summed E-state index contributed by atoms with van der Waals surface area (Å²) in [7, 11) is 0. The highest BCUT2D eigenvalue weighted by atomic mass is 79.9. The summed E-state index contributed by atoms with van der Waals surface area (Å²) in [5.74, 6) is -5.86. The molecule has 24 heavy (non-hydrogen) atoms. The number of halogens is 13. The average molecular weight is 442 g/mol. The van der Waals surface area contributed by atoms with Crippen molar-refractivity contribution in [1.82, 2.24) is 0 Å². The highest BCUT2D eigenvalue weighted by Gasteiger charge is 2.74. The molecular weight excluding hydrogens is 440 g/mol. The van der Waals surface area contributed by atoms with E-state index in [1.807, 2.05) is 0 Å². The minimum absolute atomic E-state index is 0.239. The van der Waals surface area contributed by atoms with Crippen molar-refractivity contribution in [3.8, 4) is 0 Å². The van der Waals surface area contributed by atoms with E-state index in [-0.39, 0.29) is 6.07 Å². The number of hydrogen-bond acceptors (Lipinski definition) is 0. The monoisotopic (exact) mass is 441 g/mol. The van der Waals surface area contributed by atoms with Crippen LogP contribution in [0, 0.1) is 6.07 Å². The zero-order chi connectivity index (χ0) is 19.4. The van der Waals surface area contributed by atoms with E-state index >= 15 is 0 Å². The zero-order valence-corrected chi connectivity index (χ0v) is 12.2. The molecule has 0 atom stereocenters. The molecule has 0 fully saturated rings. The minimum atomic E-state index is -6.67. The Labute approximate surface area is 133 Å². The molecule has 0 bridgehead atoms. The Bertz CT molecular complexity index is 595. The van der Waals surface area contributed by atoms with E-state index in [1.165, 1.54) is 6.07 Å². The summed E-state index contributed by atoms with van der Waals surface area (Å²) in [4.78, 5) is 0. The second-order valence-corrected chi connectivity index (χ2v) is 5.21. The van der Waals surface area contributed by atoms with Crippen LogP contribution in [0.25, 0.3) is 0 Å². The van der Waals surface area contributed by atoms with Gasteiger partial charge in [-0.05, 0) is 12.1 Å². The third kappa shape index (κ3) is 3.31. The van der Waals surface area contributed by atoms with Crippen molar-refractivity contribution in [1.29, 1.82) is 0 Å². The molecule has 0 aliphatic rings. The Morgan fingerprint density at radius 3 is 1.42 bits per heavy atom. The first-order chi connectivity index (χ1) is 10.4. The van der Waals surface area contributed by atoms with Crippen LogP contribution in [0.4, 0.5) is 52.7 Å². The second kappa shape index (κ2) is 5.70. The van der Waals surface area contributed by atoms with Crippen LogP contribution in [0.5, 0.6) is 0 Å². The molecule has 0 amide bonds. The molecule has 0 N–H and O–H groups in total. The maximum Gasteiger partial charge on any atom is 0.458 e. The summed E-state index contributed by atoms with van der Waals surface area (Å²) in [5.41, 5.74) is -11.1. The molecule has 1 aromatic rings. The molecule has 1 rings (SSSR count). The standard InChI is InChI=1S/C11H2BrF12/c12-6-2-4(7(13,9(16,17)18)10(19,20)21)1-5(3-6)8(14,15)11(22,23)24/h1-2H. The summed E-state index contributed by atoms with van der Waals surface area (Å²) in [5, 5.41) is 0. The molecule has 0 spiro atoms. The first-order valence-electron chi connectivity index (χ1n) is 5.36. The number of rotatable bonds is 2. The van der Waals surface area contributed by atoms with Gasteiger partial charge in [-0.3, -0.25) is 0 Å². The van der Waals surface area contributed by atoms with Crippen molar-refractivity contribution in [2.24, 2.45) is 0 Å². The van der Waals surface area contributed by atoms with Gasteiger partial charge in [-0.15, -0.1) is 0 Å². The maximum atomic E-state index is 13.8. The second-order valence-electron chi connectivity index (χ2n) is 4.36. The SMILES string of the molecule is FC(F)(F)C(F)(F)c1[c]c(Br)cc(C(F)(C(F)(F)F)C(F)(F)F)c1. The lowest BCUT2D eigenvalue weighted by Crippen LogP contribution is -2.50. The minimum Gasteiger partial charge on any atom is -0.218 e. The zero-order valence-electron chi connectivity index (χ0n) is 10.6. The molecule has 0 aliphatic carbocycles. The van der Waals surface area contributed by atoms with Gasteiger partial charge in [0.15, 0.2) is 0 Å². The summed E-state index contributed by atoms with van der Waals surface area (Å²) in [6.45, 7) is 0. The van der Waals surface area contributed by atoms with Gasteiger partial charge in [0.05, 0.1) is 0 Å². The smallest absolute Gasteiger partial charge is 0.218 e. The van der Waals surface area contributed by atoms with Crippen LogP contribution in [0.3, 0.4) is 0 Å². The van der Waals surface area contributed by atoms with Crippen molar-refractivity contribution < 1.29 is 52.7 Å². The predicted octanol–water partition coefficient (Wildman–Crippen LogP) is 6.19. The van der Waals surface area contributed by atoms with Gasteiger partial charge in [-0.25, -0.2) is 4.39 Å². The lowest BCUT2D eigenvalue weighted by atomic mass is 9.91. The van der Waals surface area contributed by atoms with Crippen LogP contribution in [0.2, 0.25) is 0 Å². The molecule has 0 aromatic heterocycles. The first kappa shape index (κ1) is 20.9. The number of hydrogen-bond donors (Lipinski definition) is 0. The molecule has 137 valence electrons. The lowest BCUT2D eigenvalue weighted by Gasteiger charge is -2.31. The van der Waals surface area contributed by atoms with E-state index in [0.29, 0.717) is 0 Å². The van der Waals surface area contributed by atoms with Crippen molar-refractivity contribution in [2.45, 2.75) is 30.1 Å². The van der Waals surface area contributed by atoms with E-state index in [4.69, 9.17) is 0 Å². The van der Waals surface area contributed by atoms with Gasteiger partial charge in [0, 0.05) is 21.7 Å². The third-order valence-electron chi connectivity index (χ3n) is 2.71. The van der Waals surface area contributed by atoms with Crippen LogP contribution in [0.1, 0.15) is 11.1 Å². The largest absolute Gasteiger partial charge is 0.458 e. The van der Waals surface area contributed by atoms with Crippen molar-refractivity contribution in [3.05, 3.63) is 33.8 Å². The summed E-state index contributed by atoms with van der Waals surface area (Å²) in [6, 6.07) is 0.0999. The average Bonchev–Trinajstić information content (AvgIpc) is 2.32. The fourth-order valence-electron chi connectivity index (χ4n) is 1.54. The molecule has 0 aliphatic heterocycles. The fourth-order valence-corrected chi connectivity index (χ4v) is 2.00. The highest BCUT2D eigenvalue weighted by Crippen LogP contribution is 2.54. The van der Waals surface area contributed by atoms with E-state index in [0.717, 1.165) is 0 Å². The van der Waals surface area contributed by atoms with E-state index in [2.05, 4.69) is 15.9 Å². The van der Waals surface area contributed by atoms with Crippen molar-refractivity contribution in [3.63, 3.8) is 0 Å². The van der Waals surface area contributed by atoms with Gasteiger partial charge >= 0.3 is 30.1 Å². The first-order valence-corrected chi connectivity index (χ1v) is 6.15. The predicted molar refractivity (Wildman–Crippen MR) is 57.8 cm³/mol. The normalized spacial score (nSPS) is 14.9. The fraction of sp³-hybridized carbons (Fsp3) is 0.455. The van der Waals surface area contributed by atoms with Crippen LogP contribution >= 0.6 is 15.9 Å². The van der Waals surface area contributed by atoms with Crippen LogP contribution < -0.4 is 0 Å². The van der Waals surface area contributed by atoms with Gasteiger partial charge in [0.2, 0.25) is 0 Å². The van der Waals surface area contributed by atoms with Gasteiger partial charge in [0.25, 0.3) is 0 Å². The van der Waals surface area contributed by atoms with E-state index in [9.17, 15) is 52.7 Å². The Hall–Kier alpha value is -1.14. The van der Waals surface area contributed by atoms with Gasteiger partial charge in [-0.1, -0.05) is 15.9 Å². The maximum absolute atomic E-state index is 13.8. The molecule has 13 heteroatoms. The molecule has 0 unspecified atom stereocenters. The number of alkyl halides is 12. The highest BCUT2D eigenvalue weighted by molar-refractivity contribution is 9.10. The Balaban J connectivity index is 3.74. The van der Waals surface area contributed by atoms with Crippen LogP contribution in [-0.2, 0) is 11.6 Å². The Morgan fingerprint density at radius 2 is 1.08 bits per heavy atom. The van der Waals surface area contributed by atoms with E-state index in [1.54, 1.807) is 0 Å². The lowest BCUT2D eigenvalue weighted by molar-refractivity contribution is -0.348. The molecule has 0 heterocycles. The summed E-state index contributed by atoms with van der Waals surface area (Å²) in [6.07, 6.45) is -19.7. The molecule has 0 saturated carbocycles. The molecule has 0 nitrogen and oxygen atoms in total. The van der Waals surface area contributed by atoms with Crippen LogP contribution in [-0.4, -0.2) is 18.5 Å². The van der Waals surface area contributed by atoms with Gasteiger partial charge in [-0.2, -0.15) is 48.3 Å². The van der Waals surface area contributed by atoms with Crippen molar-refractivity contribution in [2.75, 3.05) is 0 Å². The van der Waals surface area contributed by atoms with Gasteiger partial charge < -0.3 is 0 Å². The molecular formula is C11H2BrF12. The quantitative estimate of drug-likeness (QED) is 0.480. The van der Waals surface area contributed by atoms with Gasteiger partial charge in [0.1, 0.15) is 0 Å². The topological polar surface area (TPSA) is 0 Å². The molecule has 0 saturated heterocycles. The summed E-state index contributed by atoms with van der Waals surface area (Å²) >= 11 is 2.14. The Kier molecular flexibility index (Phi) is 4.96. The third-order valence-corrected chi connectivity index (χ3v) is 3.14. The Morgan fingerprint density at radius 1 is 0.667 bits per heavy atom. The molecule has 1 aromatic carbocycles. The van der Waals surface area contributed by atoms with Crippen LogP contribution in [0.15, 0.2) is 16.6 Å². The summed E-state index contributed by atoms with van der Waals surface area (Å²) < 4.78 is 151. The van der Waals surface area contributed by atoms with Crippen molar-refractivity contribution >= 4 is 15.9 Å². The van der Waals surface area contributed by atoms with E-state index < -0.39 is 51.8 Å².